The lowest BCUT2D eigenvalue weighted by molar-refractivity contribution is -0.145. The molecule has 0 aliphatic heterocycles. The number of rotatable bonds is 2. The van der Waals surface area contributed by atoms with Crippen LogP contribution in [0.4, 0.5) is 0 Å². The van der Waals surface area contributed by atoms with E-state index in [1.165, 1.54) is 0 Å². The summed E-state index contributed by atoms with van der Waals surface area (Å²) in [5.41, 5.74) is 1.33. The first-order valence-electron chi connectivity index (χ1n) is 6.54. The summed E-state index contributed by atoms with van der Waals surface area (Å²) in [6.07, 6.45) is 6.56. The van der Waals surface area contributed by atoms with Gasteiger partial charge < -0.3 is 10.1 Å². The van der Waals surface area contributed by atoms with Gasteiger partial charge in [0.2, 0.25) is 0 Å². The van der Waals surface area contributed by atoms with Gasteiger partial charge >= 0.3 is 5.97 Å². The SMILES string of the molecule is O=C(O)C1(c2cccc3[nH]ccc23)CCCCC1. The van der Waals surface area contributed by atoms with Crippen molar-refractivity contribution >= 4 is 16.9 Å². The van der Waals surface area contributed by atoms with Crippen molar-refractivity contribution in [3.63, 3.8) is 0 Å². The number of hydrogen-bond acceptors (Lipinski definition) is 1. The molecule has 1 saturated carbocycles. The Balaban J connectivity index is 2.20. The van der Waals surface area contributed by atoms with Gasteiger partial charge in [-0.25, -0.2) is 0 Å². The fraction of sp³-hybridized carbons (Fsp3) is 0.400. The first kappa shape index (κ1) is 11.3. The molecule has 0 radical (unpaired) electrons. The molecule has 18 heavy (non-hydrogen) atoms. The number of aromatic nitrogens is 1. The lowest BCUT2D eigenvalue weighted by Gasteiger charge is -2.34. The second-order valence-electron chi connectivity index (χ2n) is 5.19. The summed E-state index contributed by atoms with van der Waals surface area (Å²) in [7, 11) is 0. The quantitative estimate of drug-likeness (QED) is 0.848. The predicted octanol–water partition coefficient (Wildman–Crippen LogP) is 3.45. The number of hydrogen-bond donors (Lipinski definition) is 2. The summed E-state index contributed by atoms with van der Waals surface area (Å²) < 4.78 is 0. The first-order chi connectivity index (χ1) is 8.74. The van der Waals surface area contributed by atoms with Crippen LogP contribution in [-0.4, -0.2) is 16.1 Å². The van der Waals surface area contributed by atoms with Crippen LogP contribution < -0.4 is 0 Å². The number of carboxylic acids is 1. The van der Waals surface area contributed by atoms with Gasteiger partial charge in [-0.2, -0.15) is 0 Å². The highest BCUT2D eigenvalue weighted by Crippen LogP contribution is 2.42. The van der Waals surface area contributed by atoms with Crippen LogP contribution in [0, 0.1) is 0 Å². The Labute approximate surface area is 106 Å². The summed E-state index contributed by atoms with van der Waals surface area (Å²) >= 11 is 0. The molecule has 1 heterocycles. The molecule has 0 atom stereocenters. The molecule has 1 aromatic carbocycles. The van der Waals surface area contributed by atoms with E-state index >= 15 is 0 Å². The normalized spacial score (nSPS) is 18.9. The van der Waals surface area contributed by atoms with E-state index in [1.54, 1.807) is 0 Å². The maximum absolute atomic E-state index is 11.8. The van der Waals surface area contributed by atoms with E-state index in [1.807, 2.05) is 30.5 Å². The minimum absolute atomic E-state index is 0.670. The van der Waals surface area contributed by atoms with Crippen molar-refractivity contribution in [1.82, 2.24) is 4.98 Å². The van der Waals surface area contributed by atoms with Crippen LogP contribution in [0.15, 0.2) is 30.5 Å². The second-order valence-corrected chi connectivity index (χ2v) is 5.19. The van der Waals surface area contributed by atoms with Gasteiger partial charge in [0.15, 0.2) is 0 Å². The minimum Gasteiger partial charge on any atom is -0.481 e. The van der Waals surface area contributed by atoms with E-state index < -0.39 is 11.4 Å². The number of benzene rings is 1. The van der Waals surface area contributed by atoms with E-state index in [4.69, 9.17) is 0 Å². The van der Waals surface area contributed by atoms with Gasteiger partial charge in [0, 0.05) is 17.1 Å². The molecule has 1 fully saturated rings. The fourth-order valence-corrected chi connectivity index (χ4v) is 3.26. The summed E-state index contributed by atoms with van der Waals surface area (Å²) in [4.78, 5) is 15.0. The summed E-state index contributed by atoms with van der Waals surface area (Å²) in [6, 6.07) is 7.92. The van der Waals surface area contributed by atoms with Crippen LogP contribution in [0.1, 0.15) is 37.7 Å². The number of aromatic amines is 1. The Hall–Kier alpha value is -1.77. The highest BCUT2D eigenvalue weighted by Gasteiger charge is 2.42. The third kappa shape index (κ3) is 1.54. The third-order valence-electron chi connectivity index (χ3n) is 4.23. The molecule has 1 aliphatic rings. The molecule has 2 N–H and O–H groups in total. The maximum atomic E-state index is 11.8. The van der Waals surface area contributed by atoms with E-state index in [9.17, 15) is 9.90 Å². The smallest absolute Gasteiger partial charge is 0.314 e. The highest BCUT2D eigenvalue weighted by atomic mass is 16.4. The van der Waals surface area contributed by atoms with Crippen molar-refractivity contribution in [2.24, 2.45) is 0 Å². The second kappa shape index (κ2) is 4.16. The molecular formula is C15H17NO2. The van der Waals surface area contributed by atoms with Gasteiger partial charge in [-0.15, -0.1) is 0 Å². The molecule has 3 nitrogen and oxygen atoms in total. The van der Waals surface area contributed by atoms with Gasteiger partial charge in [-0.05, 0) is 30.5 Å². The van der Waals surface area contributed by atoms with E-state index in [2.05, 4.69) is 4.98 Å². The van der Waals surface area contributed by atoms with Crippen LogP contribution in [0.3, 0.4) is 0 Å². The predicted molar refractivity (Wildman–Crippen MR) is 70.7 cm³/mol. The van der Waals surface area contributed by atoms with Crippen molar-refractivity contribution in [1.29, 1.82) is 0 Å². The summed E-state index contributed by atoms with van der Waals surface area (Å²) in [6.45, 7) is 0. The van der Waals surface area contributed by atoms with Crippen molar-refractivity contribution in [2.75, 3.05) is 0 Å². The number of aliphatic carboxylic acids is 1. The Kier molecular flexibility index (Phi) is 2.62. The number of carbonyl (C=O) groups is 1. The minimum atomic E-state index is -0.681. The first-order valence-corrected chi connectivity index (χ1v) is 6.54. The molecule has 0 bridgehead atoms. The fourth-order valence-electron chi connectivity index (χ4n) is 3.26. The van der Waals surface area contributed by atoms with Crippen molar-refractivity contribution in [3.05, 3.63) is 36.0 Å². The molecule has 0 amide bonds. The van der Waals surface area contributed by atoms with E-state index in [-0.39, 0.29) is 0 Å². The van der Waals surface area contributed by atoms with Gasteiger partial charge in [0.25, 0.3) is 0 Å². The number of carboxylic acid groups (broad SMARTS) is 1. The van der Waals surface area contributed by atoms with Gasteiger partial charge in [-0.3, -0.25) is 4.79 Å². The Morgan fingerprint density at radius 3 is 2.67 bits per heavy atom. The third-order valence-corrected chi connectivity index (χ3v) is 4.23. The zero-order chi connectivity index (χ0) is 12.6. The number of fused-ring (bicyclic) bond motifs is 1. The summed E-state index contributed by atoms with van der Waals surface area (Å²) in [5, 5.41) is 10.8. The maximum Gasteiger partial charge on any atom is 0.314 e. The largest absolute Gasteiger partial charge is 0.481 e. The topological polar surface area (TPSA) is 53.1 Å². The van der Waals surface area contributed by atoms with Crippen molar-refractivity contribution < 1.29 is 9.90 Å². The Morgan fingerprint density at radius 2 is 1.94 bits per heavy atom. The van der Waals surface area contributed by atoms with E-state index in [0.29, 0.717) is 0 Å². The van der Waals surface area contributed by atoms with Crippen molar-refractivity contribution in [2.45, 2.75) is 37.5 Å². The molecule has 3 rings (SSSR count). The zero-order valence-corrected chi connectivity index (χ0v) is 10.3. The Morgan fingerprint density at radius 1 is 1.17 bits per heavy atom. The highest BCUT2D eigenvalue weighted by molar-refractivity contribution is 5.91. The molecule has 94 valence electrons. The lowest BCUT2D eigenvalue weighted by Crippen LogP contribution is -2.37. The Bertz CT molecular complexity index is 579. The molecule has 2 aromatic rings. The van der Waals surface area contributed by atoms with Crippen LogP contribution in [-0.2, 0) is 10.2 Å². The van der Waals surface area contributed by atoms with Crippen LogP contribution >= 0.6 is 0 Å². The monoisotopic (exact) mass is 243 g/mol. The van der Waals surface area contributed by atoms with Crippen LogP contribution in [0.5, 0.6) is 0 Å². The number of H-pyrrole nitrogens is 1. The summed E-state index contributed by atoms with van der Waals surface area (Å²) in [5.74, 6) is -0.670. The molecular weight excluding hydrogens is 226 g/mol. The zero-order valence-electron chi connectivity index (χ0n) is 10.3. The van der Waals surface area contributed by atoms with Crippen molar-refractivity contribution in [3.8, 4) is 0 Å². The standard InChI is InChI=1S/C15H17NO2/c17-14(18)15(8-2-1-3-9-15)12-5-4-6-13-11(12)7-10-16-13/h4-7,10,16H,1-3,8-9H2,(H,17,18). The van der Waals surface area contributed by atoms with Gasteiger partial charge in [-0.1, -0.05) is 31.4 Å². The average Bonchev–Trinajstić information content (AvgIpc) is 2.87. The van der Waals surface area contributed by atoms with Crippen LogP contribution in [0.2, 0.25) is 0 Å². The number of nitrogens with one attached hydrogen (secondary N) is 1. The van der Waals surface area contributed by atoms with Gasteiger partial charge in [0.1, 0.15) is 0 Å². The molecule has 1 aromatic heterocycles. The van der Waals surface area contributed by atoms with E-state index in [0.717, 1.165) is 48.6 Å². The van der Waals surface area contributed by atoms with Crippen LogP contribution in [0.25, 0.3) is 10.9 Å². The molecule has 0 spiro atoms. The lowest BCUT2D eigenvalue weighted by atomic mass is 9.68. The molecule has 0 unspecified atom stereocenters. The average molecular weight is 243 g/mol. The van der Waals surface area contributed by atoms with Gasteiger partial charge in [0.05, 0.1) is 5.41 Å². The molecule has 1 aliphatic carbocycles. The molecule has 3 heteroatoms. The molecule has 0 saturated heterocycles.